The number of benzene rings is 1. The standard InChI is InChI=1S/C20H21F3N2O3S2/c21-16-8-11(9-17(16)22)7-15(19(26)25-20-24-10-18(23)29-20)12-1-3-13(4-2-12)30(27,28)14-5-6-14/h1-4,10-11,14-17H,5-9H2,(H,24,25,26). The van der Waals surface area contributed by atoms with Crippen molar-refractivity contribution in [3.8, 4) is 0 Å². The molecule has 1 N–H and O–H groups in total. The first-order chi connectivity index (χ1) is 14.2. The quantitative estimate of drug-likeness (QED) is 0.667. The van der Waals surface area contributed by atoms with E-state index in [-0.39, 0.29) is 40.5 Å². The molecule has 10 heteroatoms. The summed E-state index contributed by atoms with van der Waals surface area (Å²) in [6.45, 7) is 0. The largest absolute Gasteiger partial charge is 0.301 e. The topological polar surface area (TPSA) is 76.1 Å². The summed E-state index contributed by atoms with van der Waals surface area (Å²) < 4.78 is 65.3. The fraction of sp³-hybridized carbons (Fsp3) is 0.500. The number of hydrogen-bond donors (Lipinski definition) is 1. The highest BCUT2D eigenvalue weighted by atomic mass is 32.2. The maximum Gasteiger partial charge on any atom is 0.233 e. The minimum Gasteiger partial charge on any atom is -0.301 e. The Hall–Kier alpha value is -1.94. The average molecular weight is 459 g/mol. The van der Waals surface area contributed by atoms with Gasteiger partial charge in [0, 0.05) is 0 Å². The van der Waals surface area contributed by atoms with E-state index in [0.29, 0.717) is 29.7 Å². The SMILES string of the molecule is O=C(Nc1ncc(F)s1)C(CC1CC(F)C(F)C1)c1ccc(S(=O)(=O)C2CC2)cc1. The second kappa shape index (κ2) is 8.30. The van der Waals surface area contributed by atoms with Crippen LogP contribution >= 0.6 is 11.3 Å². The Bertz CT molecular complexity index is 1010. The first-order valence-electron chi connectivity index (χ1n) is 9.78. The van der Waals surface area contributed by atoms with E-state index in [2.05, 4.69) is 10.3 Å². The number of alkyl halides is 2. The molecule has 5 nitrogen and oxygen atoms in total. The molecule has 3 unspecified atom stereocenters. The molecule has 2 aliphatic carbocycles. The average Bonchev–Trinajstić information content (AvgIpc) is 3.42. The fourth-order valence-electron chi connectivity index (χ4n) is 3.91. The van der Waals surface area contributed by atoms with Gasteiger partial charge in [0.15, 0.2) is 20.1 Å². The molecule has 2 aliphatic rings. The smallest absolute Gasteiger partial charge is 0.233 e. The van der Waals surface area contributed by atoms with Gasteiger partial charge in [-0.1, -0.05) is 23.5 Å². The molecule has 2 aromatic rings. The molecule has 0 bridgehead atoms. The summed E-state index contributed by atoms with van der Waals surface area (Å²) in [5, 5.41) is 1.75. The Morgan fingerprint density at radius 1 is 1.17 bits per heavy atom. The summed E-state index contributed by atoms with van der Waals surface area (Å²) in [4.78, 5) is 16.9. The zero-order chi connectivity index (χ0) is 21.5. The molecule has 3 atom stereocenters. The minimum absolute atomic E-state index is 0.0327. The number of halogens is 3. The molecule has 1 heterocycles. The van der Waals surface area contributed by atoms with Gasteiger partial charge in [0.25, 0.3) is 0 Å². The van der Waals surface area contributed by atoms with Crippen molar-refractivity contribution in [2.24, 2.45) is 5.92 Å². The van der Waals surface area contributed by atoms with Crippen LogP contribution in [0, 0.1) is 11.0 Å². The lowest BCUT2D eigenvalue weighted by Crippen LogP contribution is -2.23. The van der Waals surface area contributed by atoms with Crippen LogP contribution in [0.4, 0.5) is 18.3 Å². The third kappa shape index (κ3) is 4.54. The van der Waals surface area contributed by atoms with Crippen LogP contribution in [0.1, 0.15) is 43.6 Å². The molecule has 4 rings (SSSR count). The summed E-state index contributed by atoms with van der Waals surface area (Å²) in [7, 11) is -3.36. The normalized spacial score (nSPS) is 25.2. The number of carbonyl (C=O) groups is 1. The maximum absolute atomic E-state index is 13.6. The summed E-state index contributed by atoms with van der Waals surface area (Å²) in [5.74, 6) is -1.56. The van der Waals surface area contributed by atoms with Crippen LogP contribution in [0.25, 0.3) is 0 Å². The first-order valence-corrected chi connectivity index (χ1v) is 12.1. The van der Waals surface area contributed by atoms with Crippen molar-refractivity contribution in [3.05, 3.63) is 41.2 Å². The van der Waals surface area contributed by atoms with E-state index in [1.165, 1.54) is 12.1 Å². The maximum atomic E-state index is 13.6. The van der Waals surface area contributed by atoms with Crippen molar-refractivity contribution in [1.82, 2.24) is 4.98 Å². The number of rotatable bonds is 7. The van der Waals surface area contributed by atoms with Crippen molar-refractivity contribution >= 4 is 32.2 Å². The number of carbonyl (C=O) groups excluding carboxylic acids is 1. The number of thiazole rings is 1. The molecular weight excluding hydrogens is 437 g/mol. The monoisotopic (exact) mass is 458 g/mol. The summed E-state index contributed by atoms with van der Waals surface area (Å²) >= 11 is 0.679. The lowest BCUT2D eigenvalue weighted by Gasteiger charge is -2.20. The van der Waals surface area contributed by atoms with Crippen LogP contribution in [-0.4, -0.2) is 36.9 Å². The molecule has 2 saturated carbocycles. The molecule has 0 aliphatic heterocycles. The number of anilines is 1. The van der Waals surface area contributed by atoms with Crippen molar-refractivity contribution < 1.29 is 26.4 Å². The van der Waals surface area contributed by atoms with E-state index in [1.807, 2.05) is 0 Å². The lowest BCUT2D eigenvalue weighted by molar-refractivity contribution is -0.118. The second-order valence-corrected chi connectivity index (χ2v) is 11.1. The van der Waals surface area contributed by atoms with Gasteiger partial charge in [-0.15, -0.1) is 0 Å². The van der Waals surface area contributed by atoms with E-state index >= 15 is 0 Å². The number of nitrogens with one attached hydrogen (secondary N) is 1. The molecule has 162 valence electrons. The fourth-order valence-corrected chi connectivity index (χ4v) is 6.12. The van der Waals surface area contributed by atoms with E-state index in [9.17, 15) is 26.4 Å². The molecule has 30 heavy (non-hydrogen) atoms. The lowest BCUT2D eigenvalue weighted by atomic mass is 9.87. The van der Waals surface area contributed by atoms with Crippen LogP contribution in [0.15, 0.2) is 35.4 Å². The van der Waals surface area contributed by atoms with Crippen molar-refractivity contribution in [2.45, 2.75) is 60.5 Å². The number of sulfone groups is 1. The van der Waals surface area contributed by atoms with Crippen molar-refractivity contribution in [3.63, 3.8) is 0 Å². The molecule has 1 amide bonds. The summed E-state index contributed by atoms with van der Waals surface area (Å²) in [5.41, 5.74) is 0.539. The molecule has 2 fully saturated rings. The molecule has 0 saturated heterocycles. The number of hydrogen-bond acceptors (Lipinski definition) is 5. The highest BCUT2D eigenvalue weighted by molar-refractivity contribution is 7.92. The molecule has 1 aromatic carbocycles. The Kier molecular flexibility index (Phi) is 5.89. The molecular formula is C20H21F3N2O3S2. The first kappa shape index (κ1) is 21.3. The number of nitrogens with zero attached hydrogens (tertiary/aromatic N) is 1. The van der Waals surface area contributed by atoms with E-state index in [0.717, 1.165) is 6.20 Å². The van der Waals surface area contributed by atoms with Gasteiger partial charge in [-0.25, -0.2) is 22.2 Å². The summed E-state index contributed by atoms with van der Waals surface area (Å²) in [6.07, 6.45) is -0.530. The van der Waals surface area contributed by atoms with Crippen LogP contribution in [0.2, 0.25) is 0 Å². The van der Waals surface area contributed by atoms with Crippen LogP contribution in [0.5, 0.6) is 0 Å². The highest BCUT2D eigenvalue weighted by Crippen LogP contribution is 2.39. The predicted molar refractivity (Wildman–Crippen MR) is 107 cm³/mol. The van der Waals surface area contributed by atoms with Gasteiger partial charge in [-0.2, -0.15) is 4.39 Å². The molecule has 1 aromatic heterocycles. The van der Waals surface area contributed by atoms with E-state index < -0.39 is 39.1 Å². The third-order valence-corrected chi connectivity index (χ3v) is 8.66. The Labute approximate surface area is 176 Å². The zero-order valence-electron chi connectivity index (χ0n) is 15.9. The van der Waals surface area contributed by atoms with E-state index in [4.69, 9.17) is 0 Å². The summed E-state index contributed by atoms with van der Waals surface area (Å²) in [6, 6.07) is 6.07. The Balaban J connectivity index is 1.56. The van der Waals surface area contributed by atoms with Crippen LogP contribution in [0.3, 0.4) is 0 Å². The van der Waals surface area contributed by atoms with Crippen molar-refractivity contribution in [1.29, 1.82) is 0 Å². The Morgan fingerprint density at radius 2 is 1.80 bits per heavy atom. The molecule has 0 spiro atoms. The highest BCUT2D eigenvalue weighted by Gasteiger charge is 2.38. The van der Waals surface area contributed by atoms with Gasteiger partial charge in [-0.3, -0.25) is 4.79 Å². The predicted octanol–water partition coefficient (Wildman–Crippen LogP) is 4.42. The van der Waals surface area contributed by atoms with Crippen molar-refractivity contribution in [2.75, 3.05) is 5.32 Å². The van der Waals surface area contributed by atoms with Crippen LogP contribution in [-0.2, 0) is 14.6 Å². The molecule has 0 radical (unpaired) electrons. The van der Waals surface area contributed by atoms with Gasteiger partial charge >= 0.3 is 0 Å². The van der Waals surface area contributed by atoms with E-state index in [1.54, 1.807) is 12.1 Å². The Morgan fingerprint density at radius 3 is 2.33 bits per heavy atom. The zero-order valence-corrected chi connectivity index (χ0v) is 17.6. The number of amides is 1. The van der Waals surface area contributed by atoms with Crippen LogP contribution < -0.4 is 5.32 Å². The third-order valence-electron chi connectivity index (χ3n) is 5.68. The minimum atomic E-state index is -3.36. The van der Waals surface area contributed by atoms with Gasteiger partial charge in [0.2, 0.25) is 5.91 Å². The van der Waals surface area contributed by atoms with Gasteiger partial charge in [0.05, 0.1) is 22.3 Å². The van der Waals surface area contributed by atoms with Gasteiger partial charge in [0.1, 0.15) is 12.3 Å². The van der Waals surface area contributed by atoms with Gasteiger partial charge < -0.3 is 5.32 Å². The number of aromatic nitrogens is 1. The second-order valence-electron chi connectivity index (χ2n) is 7.93. The van der Waals surface area contributed by atoms with Gasteiger partial charge in [-0.05, 0) is 55.7 Å².